The van der Waals surface area contributed by atoms with E-state index in [0.29, 0.717) is 18.8 Å². The van der Waals surface area contributed by atoms with Gasteiger partial charge in [-0.1, -0.05) is 0 Å². The highest BCUT2D eigenvalue weighted by Crippen LogP contribution is 2.01. The van der Waals surface area contributed by atoms with Crippen molar-refractivity contribution >= 4 is 17.8 Å². The van der Waals surface area contributed by atoms with Crippen LogP contribution in [-0.2, 0) is 4.79 Å². The molecule has 0 aliphatic rings. The third kappa shape index (κ3) is 3.91. The average Bonchev–Trinajstić information content (AvgIpc) is 2.25. The van der Waals surface area contributed by atoms with Crippen LogP contribution >= 0.6 is 0 Å². The predicted molar refractivity (Wildman–Crippen MR) is 54.4 cm³/mol. The molecule has 86 valence electrons. The van der Waals surface area contributed by atoms with E-state index in [1.807, 2.05) is 0 Å². The minimum Gasteiger partial charge on any atom is -0.481 e. The Labute approximate surface area is 91.2 Å². The minimum atomic E-state index is -1.13. The molecule has 0 atom stereocenters. The van der Waals surface area contributed by atoms with Crippen molar-refractivity contribution in [2.75, 3.05) is 11.9 Å². The number of nitrogens with one attached hydrogen (secondary N) is 1. The third-order valence-electron chi connectivity index (χ3n) is 1.74. The lowest BCUT2D eigenvalue weighted by Gasteiger charge is -2.03. The summed E-state index contributed by atoms with van der Waals surface area (Å²) in [5, 5.41) is 19.8. The standard InChI is InChI=1S/C9H11N3O4/c13-8(14)2-1-3-10-7-5-11-6(4-12-7)9(15)16/h4-5H,1-3H2,(H,10,12)(H,13,14)(H,15,16). The van der Waals surface area contributed by atoms with Crippen molar-refractivity contribution in [1.82, 2.24) is 9.97 Å². The van der Waals surface area contributed by atoms with Crippen LogP contribution in [0.2, 0.25) is 0 Å². The van der Waals surface area contributed by atoms with E-state index in [1.165, 1.54) is 6.20 Å². The van der Waals surface area contributed by atoms with Crippen LogP contribution < -0.4 is 5.32 Å². The number of nitrogens with zero attached hydrogens (tertiary/aromatic N) is 2. The number of anilines is 1. The van der Waals surface area contributed by atoms with Gasteiger partial charge in [0, 0.05) is 13.0 Å². The van der Waals surface area contributed by atoms with Gasteiger partial charge in [-0.3, -0.25) is 4.79 Å². The Kier molecular flexibility index (Phi) is 4.19. The van der Waals surface area contributed by atoms with Crippen molar-refractivity contribution in [3.63, 3.8) is 0 Å². The van der Waals surface area contributed by atoms with Crippen LogP contribution in [-0.4, -0.2) is 38.7 Å². The largest absolute Gasteiger partial charge is 0.481 e. The summed E-state index contributed by atoms with van der Waals surface area (Å²) in [7, 11) is 0. The number of hydrogen-bond acceptors (Lipinski definition) is 5. The highest BCUT2D eigenvalue weighted by molar-refractivity contribution is 5.84. The van der Waals surface area contributed by atoms with Crippen molar-refractivity contribution in [1.29, 1.82) is 0 Å². The van der Waals surface area contributed by atoms with Crippen molar-refractivity contribution in [2.24, 2.45) is 0 Å². The lowest BCUT2D eigenvalue weighted by molar-refractivity contribution is -0.137. The molecule has 0 aromatic carbocycles. The summed E-state index contributed by atoms with van der Waals surface area (Å²) in [5.74, 6) is -1.56. The van der Waals surface area contributed by atoms with Gasteiger partial charge in [-0.2, -0.15) is 0 Å². The van der Waals surface area contributed by atoms with Gasteiger partial charge in [0.1, 0.15) is 5.82 Å². The van der Waals surface area contributed by atoms with E-state index in [1.54, 1.807) is 0 Å². The van der Waals surface area contributed by atoms with Crippen LogP contribution in [0.4, 0.5) is 5.82 Å². The summed E-state index contributed by atoms with van der Waals surface area (Å²) < 4.78 is 0. The third-order valence-corrected chi connectivity index (χ3v) is 1.74. The lowest BCUT2D eigenvalue weighted by atomic mass is 10.3. The molecular weight excluding hydrogens is 214 g/mol. The van der Waals surface area contributed by atoms with Crippen LogP contribution in [0.5, 0.6) is 0 Å². The van der Waals surface area contributed by atoms with Gasteiger partial charge in [-0.15, -0.1) is 0 Å². The molecule has 0 spiro atoms. The SMILES string of the molecule is O=C(O)CCCNc1cnc(C(=O)O)cn1. The zero-order valence-electron chi connectivity index (χ0n) is 8.38. The molecule has 1 rings (SSSR count). The van der Waals surface area contributed by atoms with Crippen molar-refractivity contribution in [2.45, 2.75) is 12.8 Å². The molecule has 0 amide bonds. The lowest BCUT2D eigenvalue weighted by Crippen LogP contribution is -2.08. The molecule has 0 radical (unpaired) electrons. The maximum atomic E-state index is 10.5. The molecular formula is C9H11N3O4. The molecule has 0 saturated carbocycles. The van der Waals surface area contributed by atoms with Crippen LogP contribution in [0.15, 0.2) is 12.4 Å². The molecule has 1 aromatic rings. The highest BCUT2D eigenvalue weighted by atomic mass is 16.4. The number of carboxylic acid groups (broad SMARTS) is 2. The number of aliphatic carboxylic acids is 1. The fourth-order valence-electron chi connectivity index (χ4n) is 0.986. The molecule has 0 unspecified atom stereocenters. The van der Waals surface area contributed by atoms with Crippen LogP contribution in [0.3, 0.4) is 0 Å². The normalized spacial score (nSPS) is 9.75. The van der Waals surface area contributed by atoms with Crippen LogP contribution in [0.25, 0.3) is 0 Å². The summed E-state index contributed by atoms with van der Waals surface area (Å²) in [5.41, 5.74) is -0.129. The van der Waals surface area contributed by atoms with Gasteiger partial charge in [0.15, 0.2) is 5.69 Å². The molecule has 7 nitrogen and oxygen atoms in total. The molecule has 16 heavy (non-hydrogen) atoms. The topological polar surface area (TPSA) is 112 Å². The summed E-state index contributed by atoms with van der Waals surface area (Å²) in [4.78, 5) is 28.1. The fraction of sp³-hybridized carbons (Fsp3) is 0.333. The number of carbonyl (C=O) groups is 2. The zero-order chi connectivity index (χ0) is 12.0. The van der Waals surface area contributed by atoms with Gasteiger partial charge >= 0.3 is 11.9 Å². The van der Waals surface area contributed by atoms with Gasteiger partial charge in [0.2, 0.25) is 0 Å². The molecule has 0 aliphatic carbocycles. The Morgan fingerprint density at radius 1 is 1.25 bits per heavy atom. The van der Waals surface area contributed by atoms with Crippen molar-refractivity contribution in [3.8, 4) is 0 Å². The maximum Gasteiger partial charge on any atom is 0.356 e. The summed E-state index contributed by atoms with van der Waals surface area (Å²) in [6.45, 7) is 0.452. The number of rotatable bonds is 6. The molecule has 0 bridgehead atoms. The predicted octanol–water partition coefficient (Wildman–Crippen LogP) is 0.451. The summed E-state index contributed by atoms with van der Waals surface area (Å²) in [6, 6.07) is 0. The minimum absolute atomic E-state index is 0.0770. The van der Waals surface area contributed by atoms with Gasteiger partial charge < -0.3 is 15.5 Å². The Morgan fingerprint density at radius 2 is 2.00 bits per heavy atom. The van der Waals surface area contributed by atoms with E-state index in [9.17, 15) is 9.59 Å². The second-order valence-electron chi connectivity index (χ2n) is 3.02. The first-order chi connectivity index (χ1) is 7.59. The van der Waals surface area contributed by atoms with Gasteiger partial charge in [0.25, 0.3) is 0 Å². The number of carboxylic acids is 2. The van der Waals surface area contributed by atoms with E-state index in [4.69, 9.17) is 10.2 Å². The fourth-order valence-corrected chi connectivity index (χ4v) is 0.986. The Hall–Kier alpha value is -2.18. The smallest absolute Gasteiger partial charge is 0.356 e. The van der Waals surface area contributed by atoms with E-state index >= 15 is 0 Å². The first-order valence-electron chi connectivity index (χ1n) is 4.60. The molecule has 3 N–H and O–H groups in total. The van der Waals surface area contributed by atoms with E-state index in [2.05, 4.69) is 15.3 Å². The zero-order valence-corrected chi connectivity index (χ0v) is 8.38. The van der Waals surface area contributed by atoms with E-state index in [0.717, 1.165) is 6.20 Å². The summed E-state index contributed by atoms with van der Waals surface area (Å²) in [6.07, 6.45) is 2.98. The summed E-state index contributed by atoms with van der Waals surface area (Å²) >= 11 is 0. The number of hydrogen-bond donors (Lipinski definition) is 3. The van der Waals surface area contributed by atoms with Crippen LogP contribution in [0.1, 0.15) is 23.3 Å². The quantitative estimate of drug-likeness (QED) is 0.602. The highest BCUT2D eigenvalue weighted by Gasteiger charge is 2.04. The second-order valence-corrected chi connectivity index (χ2v) is 3.02. The molecule has 0 saturated heterocycles. The molecule has 0 aliphatic heterocycles. The van der Waals surface area contributed by atoms with E-state index < -0.39 is 11.9 Å². The Morgan fingerprint density at radius 3 is 2.50 bits per heavy atom. The second kappa shape index (κ2) is 5.64. The molecule has 1 heterocycles. The monoisotopic (exact) mass is 225 g/mol. The van der Waals surface area contributed by atoms with Crippen LogP contribution in [0, 0.1) is 0 Å². The van der Waals surface area contributed by atoms with Gasteiger partial charge in [0.05, 0.1) is 12.4 Å². The molecule has 7 heteroatoms. The Bertz CT molecular complexity index is 377. The Balaban J connectivity index is 2.38. The first-order valence-corrected chi connectivity index (χ1v) is 4.60. The van der Waals surface area contributed by atoms with E-state index in [-0.39, 0.29) is 12.1 Å². The molecule has 1 aromatic heterocycles. The first kappa shape index (κ1) is 11.9. The van der Waals surface area contributed by atoms with Gasteiger partial charge in [-0.25, -0.2) is 14.8 Å². The van der Waals surface area contributed by atoms with Gasteiger partial charge in [-0.05, 0) is 6.42 Å². The maximum absolute atomic E-state index is 10.5. The average molecular weight is 225 g/mol. The van der Waals surface area contributed by atoms with Crippen molar-refractivity contribution < 1.29 is 19.8 Å². The number of aromatic nitrogens is 2. The van der Waals surface area contributed by atoms with Crippen molar-refractivity contribution in [3.05, 3.63) is 18.1 Å². The number of aromatic carboxylic acids is 1. The molecule has 0 fully saturated rings.